The van der Waals surface area contributed by atoms with Gasteiger partial charge < -0.3 is 10.6 Å². The van der Waals surface area contributed by atoms with E-state index in [0.29, 0.717) is 11.1 Å². The van der Waals surface area contributed by atoms with Crippen molar-refractivity contribution in [3.63, 3.8) is 0 Å². The van der Waals surface area contributed by atoms with Crippen LogP contribution in [0.2, 0.25) is 5.02 Å². The number of rotatable bonds is 5. The highest BCUT2D eigenvalue weighted by Gasteiger charge is 2.25. The van der Waals surface area contributed by atoms with Gasteiger partial charge in [-0.05, 0) is 36.4 Å². The zero-order valence-corrected chi connectivity index (χ0v) is 14.5. The van der Waals surface area contributed by atoms with Crippen molar-refractivity contribution in [1.82, 2.24) is 5.32 Å². The second kappa shape index (κ2) is 7.84. The summed E-state index contributed by atoms with van der Waals surface area (Å²) in [6.45, 7) is 0. The van der Waals surface area contributed by atoms with Gasteiger partial charge in [0.15, 0.2) is 0 Å². The van der Waals surface area contributed by atoms with Crippen molar-refractivity contribution in [3.05, 3.63) is 51.7 Å². The highest BCUT2D eigenvalue weighted by Crippen LogP contribution is 2.29. The van der Waals surface area contributed by atoms with Gasteiger partial charge >= 0.3 is 0 Å². The Labute approximate surface area is 146 Å². The van der Waals surface area contributed by atoms with Crippen LogP contribution in [0.25, 0.3) is 0 Å². The van der Waals surface area contributed by atoms with Crippen molar-refractivity contribution in [2.45, 2.75) is 44.2 Å². The molecule has 1 heterocycles. The molecule has 3 nitrogen and oxygen atoms in total. The van der Waals surface area contributed by atoms with Crippen LogP contribution in [0, 0.1) is 0 Å². The van der Waals surface area contributed by atoms with Crippen molar-refractivity contribution in [2.24, 2.45) is 0 Å². The fourth-order valence-electron chi connectivity index (χ4n) is 2.99. The lowest BCUT2D eigenvalue weighted by molar-refractivity contribution is -0.122. The Morgan fingerprint density at radius 1 is 1.13 bits per heavy atom. The lowest BCUT2D eigenvalue weighted by Gasteiger charge is -2.26. The quantitative estimate of drug-likeness (QED) is 0.798. The number of hydrogen-bond donors (Lipinski definition) is 2. The molecule has 23 heavy (non-hydrogen) atoms. The number of benzene rings is 1. The number of para-hydroxylation sites is 1. The Hall–Kier alpha value is -1.52. The van der Waals surface area contributed by atoms with E-state index in [2.05, 4.69) is 10.6 Å². The Morgan fingerprint density at radius 2 is 1.91 bits per heavy atom. The zero-order chi connectivity index (χ0) is 16.1. The summed E-state index contributed by atoms with van der Waals surface area (Å²) in [5.74, 6) is 0.0271. The molecular weight excluding hydrogens is 328 g/mol. The third-order valence-corrected chi connectivity index (χ3v) is 5.48. The van der Waals surface area contributed by atoms with Crippen LogP contribution in [-0.2, 0) is 4.79 Å². The van der Waals surface area contributed by atoms with Crippen LogP contribution in [0.4, 0.5) is 5.69 Å². The van der Waals surface area contributed by atoms with Gasteiger partial charge in [-0.3, -0.25) is 4.79 Å². The molecule has 1 aliphatic rings. The molecule has 1 aromatic heterocycles. The fraction of sp³-hybridized carbons (Fsp3) is 0.389. The minimum Gasteiger partial charge on any atom is -0.368 e. The van der Waals surface area contributed by atoms with Gasteiger partial charge in [0, 0.05) is 10.9 Å². The first-order valence-electron chi connectivity index (χ1n) is 8.09. The van der Waals surface area contributed by atoms with Crippen LogP contribution in [0.15, 0.2) is 41.8 Å². The van der Waals surface area contributed by atoms with Crippen LogP contribution in [0.1, 0.15) is 43.0 Å². The molecule has 1 fully saturated rings. The molecule has 0 bridgehead atoms. The maximum atomic E-state index is 12.8. The van der Waals surface area contributed by atoms with Gasteiger partial charge in [0.1, 0.15) is 6.04 Å². The predicted octanol–water partition coefficient (Wildman–Crippen LogP) is 5.00. The second-order valence-corrected chi connectivity index (χ2v) is 7.30. The summed E-state index contributed by atoms with van der Waals surface area (Å²) in [5, 5.41) is 9.13. The number of halogens is 1. The first-order valence-corrected chi connectivity index (χ1v) is 9.34. The molecule has 2 N–H and O–H groups in total. The van der Waals surface area contributed by atoms with Crippen molar-refractivity contribution >= 4 is 34.5 Å². The molecule has 0 spiro atoms. The van der Waals surface area contributed by atoms with Gasteiger partial charge in [-0.25, -0.2) is 0 Å². The maximum absolute atomic E-state index is 12.8. The van der Waals surface area contributed by atoms with Crippen molar-refractivity contribution in [2.75, 3.05) is 5.32 Å². The van der Waals surface area contributed by atoms with Gasteiger partial charge in [0.2, 0.25) is 5.91 Å². The average Bonchev–Trinajstić information content (AvgIpc) is 3.09. The first kappa shape index (κ1) is 16.3. The lowest BCUT2D eigenvalue weighted by atomic mass is 9.95. The van der Waals surface area contributed by atoms with E-state index in [1.165, 1.54) is 19.3 Å². The van der Waals surface area contributed by atoms with E-state index in [9.17, 15) is 4.79 Å². The van der Waals surface area contributed by atoms with Gasteiger partial charge in [-0.2, -0.15) is 0 Å². The summed E-state index contributed by atoms with van der Waals surface area (Å²) in [4.78, 5) is 13.8. The van der Waals surface area contributed by atoms with Gasteiger partial charge in [-0.15, -0.1) is 11.3 Å². The molecule has 2 aromatic rings. The van der Waals surface area contributed by atoms with Gasteiger partial charge in [0.05, 0.1) is 10.7 Å². The zero-order valence-electron chi connectivity index (χ0n) is 12.9. The summed E-state index contributed by atoms with van der Waals surface area (Å²) in [6, 6.07) is 11.4. The van der Waals surface area contributed by atoms with E-state index in [0.717, 1.165) is 23.4 Å². The predicted molar refractivity (Wildman–Crippen MR) is 97.2 cm³/mol. The average molecular weight is 349 g/mol. The molecule has 1 saturated carbocycles. The SMILES string of the molecule is O=C(NC1CCCCC1)C(Nc1ccccc1Cl)c1cccs1. The molecule has 1 aliphatic carbocycles. The van der Waals surface area contributed by atoms with Gasteiger partial charge in [0.25, 0.3) is 0 Å². The number of amides is 1. The minimum absolute atomic E-state index is 0.0271. The van der Waals surface area contributed by atoms with Crippen LogP contribution in [-0.4, -0.2) is 11.9 Å². The molecule has 1 aromatic carbocycles. The third-order valence-electron chi connectivity index (χ3n) is 4.22. The number of carbonyl (C=O) groups is 1. The normalized spacial score (nSPS) is 16.7. The summed E-state index contributed by atoms with van der Waals surface area (Å²) < 4.78 is 0. The van der Waals surface area contributed by atoms with Crippen molar-refractivity contribution in [3.8, 4) is 0 Å². The molecule has 1 amide bonds. The molecule has 122 valence electrons. The molecule has 3 rings (SSSR count). The standard InChI is InChI=1S/C18H21ClN2OS/c19-14-9-4-5-10-15(14)21-17(16-11-6-12-23-16)18(22)20-13-7-2-1-3-8-13/h4-6,9-13,17,21H,1-3,7-8H2,(H,20,22). The largest absolute Gasteiger partial charge is 0.368 e. The highest BCUT2D eigenvalue weighted by atomic mass is 35.5. The maximum Gasteiger partial charge on any atom is 0.248 e. The molecule has 1 unspecified atom stereocenters. The summed E-state index contributed by atoms with van der Waals surface area (Å²) in [6.07, 6.45) is 5.84. The lowest BCUT2D eigenvalue weighted by Crippen LogP contribution is -2.41. The van der Waals surface area contributed by atoms with E-state index in [1.807, 2.05) is 41.8 Å². The highest BCUT2D eigenvalue weighted by molar-refractivity contribution is 7.10. The van der Waals surface area contributed by atoms with Crippen LogP contribution >= 0.6 is 22.9 Å². The van der Waals surface area contributed by atoms with Crippen LogP contribution < -0.4 is 10.6 Å². The first-order chi connectivity index (χ1) is 11.2. The summed E-state index contributed by atoms with van der Waals surface area (Å²) in [5.41, 5.74) is 0.784. The number of carbonyl (C=O) groups excluding carboxylic acids is 1. The molecule has 0 aliphatic heterocycles. The Balaban J connectivity index is 1.75. The second-order valence-electron chi connectivity index (χ2n) is 5.92. The molecule has 0 radical (unpaired) electrons. The van der Waals surface area contributed by atoms with Crippen molar-refractivity contribution < 1.29 is 4.79 Å². The number of thiophene rings is 1. The molecule has 1 atom stereocenters. The van der Waals surface area contributed by atoms with E-state index < -0.39 is 6.04 Å². The monoisotopic (exact) mass is 348 g/mol. The van der Waals surface area contributed by atoms with E-state index in [1.54, 1.807) is 11.3 Å². The van der Waals surface area contributed by atoms with E-state index in [-0.39, 0.29) is 5.91 Å². The minimum atomic E-state index is -0.406. The Bertz CT molecular complexity index is 638. The van der Waals surface area contributed by atoms with Crippen LogP contribution in [0.5, 0.6) is 0 Å². The number of nitrogens with one attached hydrogen (secondary N) is 2. The Morgan fingerprint density at radius 3 is 2.61 bits per heavy atom. The topological polar surface area (TPSA) is 41.1 Å². The Kier molecular flexibility index (Phi) is 5.57. The molecule has 0 saturated heterocycles. The van der Waals surface area contributed by atoms with Crippen LogP contribution in [0.3, 0.4) is 0 Å². The summed E-state index contributed by atoms with van der Waals surface area (Å²) in [7, 11) is 0. The van der Waals surface area contributed by atoms with E-state index >= 15 is 0 Å². The smallest absolute Gasteiger partial charge is 0.248 e. The van der Waals surface area contributed by atoms with E-state index in [4.69, 9.17) is 11.6 Å². The molecular formula is C18H21ClN2OS. The van der Waals surface area contributed by atoms with Crippen molar-refractivity contribution in [1.29, 1.82) is 0 Å². The summed E-state index contributed by atoms with van der Waals surface area (Å²) >= 11 is 7.82. The number of anilines is 1. The molecule has 5 heteroatoms. The fourth-order valence-corrected chi connectivity index (χ4v) is 3.95. The third kappa shape index (κ3) is 4.27. The van der Waals surface area contributed by atoms with Gasteiger partial charge in [-0.1, -0.05) is 49.1 Å². The number of hydrogen-bond acceptors (Lipinski definition) is 3.